The van der Waals surface area contributed by atoms with Crippen LogP contribution in [0.25, 0.3) is 0 Å². The van der Waals surface area contributed by atoms with Gasteiger partial charge >= 0.3 is 5.97 Å². The summed E-state index contributed by atoms with van der Waals surface area (Å²) in [7, 11) is -2.20. The lowest BCUT2D eigenvalue weighted by Crippen LogP contribution is -2.50. The molecule has 2 heterocycles. The quantitative estimate of drug-likeness (QED) is 0.311. The van der Waals surface area contributed by atoms with Crippen molar-refractivity contribution in [3.05, 3.63) is 65.7 Å². The van der Waals surface area contributed by atoms with E-state index in [1.54, 1.807) is 0 Å². The van der Waals surface area contributed by atoms with Gasteiger partial charge in [-0.05, 0) is 24.2 Å². The third-order valence-corrected chi connectivity index (χ3v) is 13.7. The highest BCUT2D eigenvalue weighted by Gasteiger charge is 2.42. The van der Waals surface area contributed by atoms with Crippen LogP contribution in [0.15, 0.2) is 59.6 Å². The standard InChI is InChI=1S/C32H43N3O5SSi/c1-31(2,3)41-30-23(18-27(37)40-30)33-26(36)19-35-25-17-13-12-16-22(25)28(21-14-10-9-11-15-21)34-24(29(35)38)20-39-42(7,8)32(4,5)6/h9-17,23-24,30H,18-20H2,1-8H3,(H,33,36)/t23-,24+,30-/m0/s1. The molecule has 8 nitrogen and oxygen atoms in total. The van der Waals surface area contributed by atoms with Crippen LogP contribution in [0.1, 0.15) is 59.1 Å². The van der Waals surface area contributed by atoms with Gasteiger partial charge in [0.2, 0.25) is 5.91 Å². The molecule has 2 aromatic carbocycles. The Morgan fingerprint density at radius 1 is 1.05 bits per heavy atom. The predicted molar refractivity (Wildman–Crippen MR) is 172 cm³/mol. The van der Waals surface area contributed by atoms with Crippen LogP contribution in [0.2, 0.25) is 18.1 Å². The summed E-state index contributed by atoms with van der Waals surface area (Å²) >= 11 is 1.50. The second kappa shape index (κ2) is 12.3. The number of hydrogen-bond acceptors (Lipinski definition) is 7. The largest absolute Gasteiger partial charge is 0.449 e. The molecule has 0 aliphatic carbocycles. The van der Waals surface area contributed by atoms with Gasteiger partial charge in [0.15, 0.2) is 19.8 Å². The Bertz CT molecular complexity index is 1350. The van der Waals surface area contributed by atoms with E-state index in [1.165, 1.54) is 16.7 Å². The maximum Gasteiger partial charge on any atom is 0.309 e. The summed E-state index contributed by atoms with van der Waals surface area (Å²) in [5, 5.41) is 2.93. The number of carbonyl (C=O) groups excluding carboxylic acids is 3. The van der Waals surface area contributed by atoms with E-state index < -0.39 is 25.8 Å². The van der Waals surface area contributed by atoms with Gasteiger partial charge in [-0.2, -0.15) is 0 Å². The molecule has 0 radical (unpaired) electrons. The minimum absolute atomic E-state index is 0.0440. The third-order valence-electron chi connectivity index (χ3n) is 7.82. The second-order valence-electron chi connectivity index (χ2n) is 13.3. The molecular formula is C32H43N3O5SSi. The second-order valence-corrected chi connectivity index (χ2v) is 20.1. The van der Waals surface area contributed by atoms with Gasteiger partial charge in [-0.1, -0.05) is 90.1 Å². The molecule has 3 atom stereocenters. The maximum absolute atomic E-state index is 14.2. The number of amides is 2. The first-order valence-corrected chi connectivity index (χ1v) is 18.2. The summed E-state index contributed by atoms with van der Waals surface area (Å²) < 4.78 is 11.8. The van der Waals surface area contributed by atoms with Crippen molar-refractivity contribution in [2.75, 3.05) is 18.1 Å². The van der Waals surface area contributed by atoms with Gasteiger partial charge < -0.3 is 19.4 Å². The number of anilines is 1. The summed E-state index contributed by atoms with van der Waals surface area (Å²) in [5.74, 6) is -1.02. The maximum atomic E-state index is 14.2. The Balaban J connectivity index is 1.67. The summed E-state index contributed by atoms with van der Waals surface area (Å²) in [4.78, 5) is 46.4. The number of benzodiazepines with no additional fused rings is 1. The first-order valence-electron chi connectivity index (χ1n) is 14.4. The van der Waals surface area contributed by atoms with Crippen LogP contribution in [0.3, 0.4) is 0 Å². The summed E-state index contributed by atoms with van der Waals surface area (Å²) in [6, 6.07) is 16.0. The third kappa shape index (κ3) is 7.51. The summed E-state index contributed by atoms with van der Waals surface area (Å²) in [6.45, 7) is 16.8. The molecule has 1 saturated heterocycles. The van der Waals surface area contributed by atoms with Gasteiger partial charge in [0.1, 0.15) is 6.54 Å². The summed E-state index contributed by atoms with van der Waals surface area (Å²) in [5.41, 5.74) is 2.44. The fraction of sp³-hybridized carbons (Fsp3) is 0.500. The lowest BCUT2D eigenvalue weighted by molar-refractivity contribution is -0.139. The molecule has 0 bridgehead atoms. The van der Waals surface area contributed by atoms with Gasteiger partial charge in [-0.3, -0.25) is 19.4 Å². The average Bonchev–Trinajstić information content (AvgIpc) is 3.17. The van der Waals surface area contributed by atoms with Crippen LogP contribution in [-0.2, 0) is 23.5 Å². The van der Waals surface area contributed by atoms with E-state index in [1.807, 2.05) is 75.4 Å². The Morgan fingerprint density at radius 3 is 2.33 bits per heavy atom. The SMILES string of the molecule is CC(C)(C)S[C@@H]1OC(=O)C[C@@H]1NC(=O)CN1C(=O)[C@@H](CO[Si](C)(C)C(C)(C)C)N=C(c2ccccc2)c2ccccc21. The number of fused-ring (bicyclic) bond motifs is 1. The molecule has 42 heavy (non-hydrogen) atoms. The normalized spacial score (nSPS) is 21.4. The fourth-order valence-corrected chi connectivity index (χ4v) is 6.78. The van der Waals surface area contributed by atoms with Crippen LogP contribution < -0.4 is 10.2 Å². The minimum Gasteiger partial charge on any atom is -0.449 e. The highest BCUT2D eigenvalue weighted by Crippen LogP contribution is 2.38. The van der Waals surface area contributed by atoms with Crippen molar-refractivity contribution >= 4 is 49.3 Å². The number of carbonyl (C=O) groups is 3. The van der Waals surface area contributed by atoms with E-state index in [-0.39, 0.29) is 47.1 Å². The Labute approximate surface area is 254 Å². The van der Waals surface area contributed by atoms with Crippen molar-refractivity contribution in [2.24, 2.45) is 4.99 Å². The van der Waals surface area contributed by atoms with Gasteiger partial charge in [0, 0.05) is 15.9 Å². The van der Waals surface area contributed by atoms with Crippen molar-refractivity contribution in [1.82, 2.24) is 5.32 Å². The number of esters is 1. The monoisotopic (exact) mass is 609 g/mol. The predicted octanol–water partition coefficient (Wildman–Crippen LogP) is 5.55. The zero-order valence-electron chi connectivity index (χ0n) is 25.9. The lowest BCUT2D eigenvalue weighted by atomic mass is 10.0. The van der Waals surface area contributed by atoms with Crippen molar-refractivity contribution < 1.29 is 23.5 Å². The molecule has 0 aromatic heterocycles. The van der Waals surface area contributed by atoms with E-state index in [0.717, 1.165) is 11.1 Å². The first-order chi connectivity index (χ1) is 19.6. The molecule has 0 saturated carbocycles. The fourth-order valence-electron chi connectivity index (χ4n) is 4.60. The first kappa shape index (κ1) is 32.0. The van der Waals surface area contributed by atoms with Crippen LogP contribution in [0.5, 0.6) is 0 Å². The Kier molecular flexibility index (Phi) is 9.39. The van der Waals surface area contributed by atoms with E-state index in [0.29, 0.717) is 11.4 Å². The zero-order chi connectivity index (χ0) is 30.9. The Hall–Kier alpha value is -2.95. The van der Waals surface area contributed by atoms with E-state index >= 15 is 0 Å². The number of aliphatic imine (C=N–C) groups is 1. The molecule has 10 heteroatoms. The Morgan fingerprint density at radius 2 is 1.69 bits per heavy atom. The topological polar surface area (TPSA) is 97.3 Å². The number of nitrogens with zero attached hydrogens (tertiary/aromatic N) is 2. The molecular weight excluding hydrogens is 567 g/mol. The van der Waals surface area contributed by atoms with E-state index in [2.05, 4.69) is 39.2 Å². The van der Waals surface area contributed by atoms with Gasteiger partial charge in [0.25, 0.3) is 5.91 Å². The van der Waals surface area contributed by atoms with Crippen LogP contribution >= 0.6 is 11.8 Å². The number of cyclic esters (lactones) is 1. The molecule has 1 fully saturated rings. The van der Waals surface area contributed by atoms with Crippen molar-refractivity contribution in [3.63, 3.8) is 0 Å². The van der Waals surface area contributed by atoms with E-state index in [4.69, 9.17) is 14.2 Å². The molecule has 2 amide bonds. The minimum atomic E-state index is -2.20. The van der Waals surface area contributed by atoms with Crippen molar-refractivity contribution in [1.29, 1.82) is 0 Å². The molecule has 1 N–H and O–H groups in total. The van der Waals surface area contributed by atoms with E-state index in [9.17, 15) is 14.4 Å². The average molecular weight is 610 g/mol. The highest BCUT2D eigenvalue weighted by atomic mass is 32.2. The number of nitrogens with one attached hydrogen (secondary N) is 1. The number of thioether (sulfide) groups is 1. The van der Waals surface area contributed by atoms with Gasteiger partial charge in [-0.25, -0.2) is 0 Å². The number of para-hydroxylation sites is 1. The molecule has 0 spiro atoms. The molecule has 226 valence electrons. The number of rotatable bonds is 8. The van der Waals surface area contributed by atoms with Crippen molar-refractivity contribution in [2.45, 2.75) is 88.4 Å². The molecule has 2 aliphatic rings. The molecule has 2 aromatic rings. The molecule has 4 rings (SSSR count). The summed E-state index contributed by atoms with van der Waals surface area (Å²) in [6.07, 6.45) is 0.0915. The van der Waals surface area contributed by atoms with Gasteiger partial charge in [0.05, 0.1) is 30.5 Å². The lowest BCUT2D eigenvalue weighted by Gasteiger charge is -2.37. The molecule has 2 aliphatic heterocycles. The number of hydrogen-bond donors (Lipinski definition) is 1. The number of ether oxygens (including phenoxy) is 1. The van der Waals surface area contributed by atoms with Crippen LogP contribution in [-0.4, -0.2) is 67.2 Å². The van der Waals surface area contributed by atoms with Crippen LogP contribution in [0.4, 0.5) is 5.69 Å². The van der Waals surface area contributed by atoms with Gasteiger partial charge in [-0.15, -0.1) is 11.8 Å². The smallest absolute Gasteiger partial charge is 0.309 e. The zero-order valence-corrected chi connectivity index (χ0v) is 27.7. The van der Waals surface area contributed by atoms with Crippen LogP contribution in [0, 0.1) is 0 Å². The highest BCUT2D eigenvalue weighted by molar-refractivity contribution is 8.01. The number of benzene rings is 2. The van der Waals surface area contributed by atoms with Crippen molar-refractivity contribution in [3.8, 4) is 0 Å². The molecule has 0 unspecified atom stereocenters.